The van der Waals surface area contributed by atoms with Crippen molar-refractivity contribution in [3.8, 4) is 0 Å². The molecular weight excluding hydrogens is 247 g/mol. The molecule has 1 saturated heterocycles. The molecular formula is C6H13O9P. The maximum Gasteiger partial charge on any atom is 0.472 e. The summed E-state index contributed by atoms with van der Waals surface area (Å²) in [4.78, 5) is 17.0. The van der Waals surface area contributed by atoms with E-state index in [4.69, 9.17) is 14.9 Å². The van der Waals surface area contributed by atoms with E-state index in [1.165, 1.54) is 0 Å². The van der Waals surface area contributed by atoms with Crippen molar-refractivity contribution in [1.82, 2.24) is 0 Å². The van der Waals surface area contributed by atoms with Crippen LogP contribution in [0.1, 0.15) is 0 Å². The molecule has 1 heterocycles. The van der Waals surface area contributed by atoms with Crippen molar-refractivity contribution in [2.75, 3.05) is 6.61 Å². The lowest BCUT2D eigenvalue weighted by atomic mass is 10.00. The van der Waals surface area contributed by atoms with Gasteiger partial charge in [-0.25, -0.2) is 4.57 Å². The minimum absolute atomic E-state index is 0.702. The second kappa shape index (κ2) is 5.05. The Morgan fingerprint density at radius 3 is 2.12 bits per heavy atom. The molecule has 0 aromatic rings. The predicted molar refractivity (Wildman–Crippen MR) is 46.9 cm³/mol. The van der Waals surface area contributed by atoms with Gasteiger partial charge in [0.2, 0.25) is 0 Å². The predicted octanol–water partition coefficient (Wildman–Crippen LogP) is -3.10. The molecule has 0 saturated carbocycles. The van der Waals surface area contributed by atoms with E-state index in [0.29, 0.717) is 0 Å². The fourth-order valence-electron chi connectivity index (χ4n) is 1.29. The Morgan fingerprint density at radius 1 is 1.12 bits per heavy atom. The van der Waals surface area contributed by atoms with Crippen molar-refractivity contribution in [3.05, 3.63) is 0 Å². The maximum absolute atomic E-state index is 10.5. The average Bonchev–Trinajstić information content (AvgIpc) is 2.17. The van der Waals surface area contributed by atoms with Gasteiger partial charge >= 0.3 is 7.82 Å². The number of hydrogen-bond donors (Lipinski definition) is 6. The van der Waals surface area contributed by atoms with Crippen LogP contribution in [0.2, 0.25) is 0 Å². The van der Waals surface area contributed by atoms with E-state index >= 15 is 0 Å². The first-order valence-electron chi connectivity index (χ1n) is 4.30. The second-order valence-corrected chi connectivity index (χ2v) is 4.49. The van der Waals surface area contributed by atoms with Crippen LogP contribution in [0.15, 0.2) is 0 Å². The first kappa shape index (κ1) is 14.0. The molecule has 1 rings (SSSR count). The molecule has 0 radical (unpaired) electrons. The molecule has 96 valence electrons. The molecule has 10 heteroatoms. The normalized spacial score (nSPS) is 41.0. The quantitative estimate of drug-likeness (QED) is 0.289. The van der Waals surface area contributed by atoms with Crippen molar-refractivity contribution in [1.29, 1.82) is 0 Å². The van der Waals surface area contributed by atoms with Crippen LogP contribution in [-0.4, -0.2) is 67.5 Å². The lowest BCUT2D eigenvalue weighted by Gasteiger charge is -2.39. The molecule has 0 aromatic heterocycles. The third-order valence-electron chi connectivity index (χ3n) is 2.09. The first-order valence-corrected chi connectivity index (χ1v) is 5.83. The molecule has 1 fully saturated rings. The summed E-state index contributed by atoms with van der Waals surface area (Å²) in [5, 5.41) is 36.6. The zero-order valence-electron chi connectivity index (χ0n) is 7.95. The molecule has 16 heavy (non-hydrogen) atoms. The Kier molecular flexibility index (Phi) is 4.41. The van der Waals surface area contributed by atoms with Crippen LogP contribution < -0.4 is 0 Å². The summed E-state index contributed by atoms with van der Waals surface area (Å²) in [7, 11) is -4.91. The molecule has 9 nitrogen and oxygen atoms in total. The molecule has 0 amide bonds. The Labute approximate surface area is 90.1 Å². The number of hydrogen-bond acceptors (Lipinski definition) is 7. The Morgan fingerprint density at radius 2 is 1.69 bits per heavy atom. The summed E-state index contributed by atoms with van der Waals surface area (Å²) in [6.07, 6.45) is -8.25. The molecule has 6 N–H and O–H groups in total. The molecule has 1 aliphatic heterocycles. The fraction of sp³-hybridized carbons (Fsp3) is 1.00. The summed E-state index contributed by atoms with van der Waals surface area (Å²) < 4.78 is 19.2. The highest BCUT2D eigenvalue weighted by Gasteiger charge is 2.46. The van der Waals surface area contributed by atoms with Gasteiger partial charge in [0, 0.05) is 0 Å². The zero-order chi connectivity index (χ0) is 12.5. The Hall–Kier alpha value is -0.0900. The molecule has 0 spiro atoms. The highest BCUT2D eigenvalue weighted by atomic mass is 31.2. The van der Waals surface area contributed by atoms with Gasteiger partial charge in [0.15, 0.2) is 6.29 Å². The minimum Gasteiger partial charge on any atom is -0.394 e. The standard InChI is InChI=1S/C6H13O9P/c7-1-2-3(8)4(9)5(10)6(14-2)15-16(11,12)13/h2-10H,1H2,(H2,11,12,13)/t2?,3-,4?,5?,6+/m0/s1. The molecule has 0 bridgehead atoms. The maximum atomic E-state index is 10.5. The molecule has 3 unspecified atom stereocenters. The van der Waals surface area contributed by atoms with Gasteiger partial charge in [-0.2, -0.15) is 0 Å². The van der Waals surface area contributed by atoms with Gasteiger partial charge in [-0.3, -0.25) is 4.52 Å². The zero-order valence-corrected chi connectivity index (χ0v) is 8.84. The van der Waals surface area contributed by atoms with E-state index in [-0.39, 0.29) is 0 Å². The highest BCUT2D eigenvalue weighted by molar-refractivity contribution is 7.46. The molecule has 0 aromatic carbocycles. The van der Waals surface area contributed by atoms with Crippen molar-refractivity contribution >= 4 is 7.82 Å². The molecule has 1 aliphatic rings. The Balaban J connectivity index is 2.75. The monoisotopic (exact) mass is 260 g/mol. The van der Waals surface area contributed by atoms with Gasteiger partial charge < -0.3 is 34.9 Å². The van der Waals surface area contributed by atoms with Crippen LogP contribution in [0.4, 0.5) is 0 Å². The van der Waals surface area contributed by atoms with Crippen molar-refractivity contribution in [2.24, 2.45) is 0 Å². The third kappa shape index (κ3) is 3.20. The minimum atomic E-state index is -4.91. The van der Waals surface area contributed by atoms with Gasteiger partial charge in [0.05, 0.1) is 6.61 Å². The van der Waals surface area contributed by atoms with Crippen molar-refractivity contribution < 1.29 is 44.0 Å². The van der Waals surface area contributed by atoms with Gasteiger partial charge in [0.1, 0.15) is 24.4 Å². The number of aliphatic hydroxyl groups excluding tert-OH is 4. The van der Waals surface area contributed by atoms with Gasteiger partial charge in [-0.05, 0) is 0 Å². The second-order valence-electron chi connectivity index (χ2n) is 3.29. The summed E-state index contributed by atoms with van der Waals surface area (Å²) >= 11 is 0. The summed E-state index contributed by atoms with van der Waals surface area (Å²) in [6.45, 7) is -0.702. The van der Waals surface area contributed by atoms with E-state index in [2.05, 4.69) is 9.26 Å². The van der Waals surface area contributed by atoms with Crippen molar-refractivity contribution in [2.45, 2.75) is 30.7 Å². The number of phosphoric ester groups is 1. The van der Waals surface area contributed by atoms with Crippen molar-refractivity contribution in [3.63, 3.8) is 0 Å². The van der Waals surface area contributed by atoms with Crippen LogP contribution in [0.3, 0.4) is 0 Å². The number of aliphatic hydroxyl groups is 4. The smallest absolute Gasteiger partial charge is 0.394 e. The fourth-order valence-corrected chi connectivity index (χ4v) is 1.73. The molecule has 0 aliphatic carbocycles. The summed E-state index contributed by atoms with van der Waals surface area (Å²) in [5.74, 6) is 0. The van der Waals surface area contributed by atoms with Crippen LogP contribution >= 0.6 is 7.82 Å². The van der Waals surface area contributed by atoms with Crippen LogP contribution in [0.5, 0.6) is 0 Å². The Bertz CT molecular complexity index is 275. The highest BCUT2D eigenvalue weighted by Crippen LogP contribution is 2.40. The van der Waals surface area contributed by atoms with Gasteiger partial charge in [-0.1, -0.05) is 0 Å². The van der Waals surface area contributed by atoms with E-state index in [1.54, 1.807) is 0 Å². The first-order chi connectivity index (χ1) is 7.26. The van der Waals surface area contributed by atoms with Crippen LogP contribution in [0.25, 0.3) is 0 Å². The average molecular weight is 260 g/mol. The summed E-state index contributed by atoms with van der Waals surface area (Å²) in [6, 6.07) is 0. The topological polar surface area (TPSA) is 157 Å². The number of phosphoric acid groups is 1. The summed E-state index contributed by atoms with van der Waals surface area (Å²) in [5.41, 5.74) is 0. The molecule has 5 atom stereocenters. The van der Waals surface area contributed by atoms with Gasteiger partial charge in [0.25, 0.3) is 0 Å². The number of ether oxygens (including phenoxy) is 1. The van der Waals surface area contributed by atoms with Gasteiger partial charge in [-0.15, -0.1) is 0 Å². The van der Waals surface area contributed by atoms with E-state index in [1.807, 2.05) is 0 Å². The lowest BCUT2D eigenvalue weighted by Crippen LogP contribution is -2.58. The van der Waals surface area contributed by atoms with E-state index in [0.717, 1.165) is 0 Å². The van der Waals surface area contributed by atoms with Crippen LogP contribution in [-0.2, 0) is 13.8 Å². The SMILES string of the molecule is O=P(O)(O)O[C@H]1OC(CO)[C@H](O)C(O)C1O. The third-order valence-corrected chi connectivity index (χ3v) is 2.57. The largest absolute Gasteiger partial charge is 0.472 e. The lowest BCUT2D eigenvalue weighted by molar-refractivity contribution is -0.280. The van der Waals surface area contributed by atoms with E-state index in [9.17, 15) is 19.9 Å². The number of rotatable bonds is 3. The van der Waals surface area contributed by atoms with E-state index < -0.39 is 45.1 Å². The van der Waals surface area contributed by atoms with Crippen LogP contribution in [0, 0.1) is 0 Å².